The van der Waals surface area contributed by atoms with Gasteiger partial charge in [0, 0.05) is 5.56 Å². The molecule has 0 aliphatic rings. The molecule has 0 saturated heterocycles. The molecule has 1 atom stereocenters. The van der Waals surface area contributed by atoms with Crippen LogP contribution >= 0.6 is 0 Å². The fourth-order valence-corrected chi connectivity index (χ4v) is 1.32. The molecule has 1 aromatic carbocycles. The van der Waals surface area contributed by atoms with E-state index < -0.39 is 35.3 Å². The lowest BCUT2D eigenvalue weighted by Gasteiger charge is -2.19. The molecule has 0 spiro atoms. The highest BCUT2D eigenvalue weighted by atomic mass is 19.4. The molecule has 0 radical (unpaired) electrons. The quantitative estimate of drug-likeness (QED) is 0.839. The van der Waals surface area contributed by atoms with Crippen molar-refractivity contribution >= 4 is 0 Å². The highest BCUT2D eigenvalue weighted by Gasteiger charge is 2.40. The van der Waals surface area contributed by atoms with Crippen LogP contribution < -0.4 is 10.5 Å². The van der Waals surface area contributed by atoms with Gasteiger partial charge in [0.25, 0.3) is 0 Å². The van der Waals surface area contributed by atoms with E-state index in [4.69, 9.17) is 5.73 Å². The minimum Gasteiger partial charge on any atom is -0.496 e. The molecule has 0 aliphatic carbocycles. The maximum atomic E-state index is 12.4. The Hall–Kier alpha value is -1.44. The van der Waals surface area contributed by atoms with Gasteiger partial charge >= 0.3 is 12.4 Å². The summed E-state index contributed by atoms with van der Waals surface area (Å²) in [5, 5.41) is 0. The molecule has 1 rings (SSSR count). The standard InChI is InChI=1S/C10H9F6NO/c1-18-7-4-5(9(11,12)13)2-3-6(7)8(17)10(14,15)16/h2-4,8H,17H2,1H3/t8-/m0/s1. The second-order valence-electron chi connectivity index (χ2n) is 3.47. The van der Waals surface area contributed by atoms with Crippen LogP contribution in [0.5, 0.6) is 5.75 Å². The van der Waals surface area contributed by atoms with Crippen LogP contribution in [-0.4, -0.2) is 13.3 Å². The summed E-state index contributed by atoms with van der Waals surface area (Å²) in [4.78, 5) is 0. The summed E-state index contributed by atoms with van der Waals surface area (Å²) < 4.78 is 78.8. The largest absolute Gasteiger partial charge is 0.496 e. The van der Waals surface area contributed by atoms with Crippen molar-refractivity contribution in [3.8, 4) is 5.75 Å². The first-order chi connectivity index (χ1) is 8.07. The Kier molecular flexibility index (Phi) is 3.80. The van der Waals surface area contributed by atoms with Crippen LogP contribution in [0.25, 0.3) is 0 Å². The monoisotopic (exact) mass is 273 g/mol. The molecule has 0 unspecified atom stereocenters. The summed E-state index contributed by atoms with van der Waals surface area (Å²) >= 11 is 0. The molecule has 0 saturated carbocycles. The predicted molar refractivity (Wildman–Crippen MR) is 51.0 cm³/mol. The molecule has 1 aromatic rings. The average molecular weight is 273 g/mol. The first-order valence-corrected chi connectivity index (χ1v) is 4.64. The van der Waals surface area contributed by atoms with E-state index in [2.05, 4.69) is 4.74 Å². The lowest BCUT2D eigenvalue weighted by Crippen LogP contribution is -2.29. The highest BCUT2D eigenvalue weighted by Crippen LogP contribution is 2.38. The number of ether oxygens (including phenoxy) is 1. The van der Waals surface area contributed by atoms with E-state index >= 15 is 0 Å². The van der Waals surface area contributed by atoms with Crippen molar-refractivity contribution in [2.24, 2.45) is 5.73 Å². The fourth-order valence-electron chi connectivity index (χ4n) is 1.32. The van der Waals surface area contributed by atoms with Crippen molar-refractivity contribution in [1.29, 1.82) is 0 Å². The van der Waals surface area contributed by atoms with Crippen LogP contribution in [0.4, 0.5) is 26.3 Å². The van der Waals surface area contributed by atoms with Gasteiger partial charge < -0.3 is 10.5 Å². The minimum absolute atomic E-state index is 0.487. The Labute approximate surface area is 98.3 Å². The Morgan fingerprint density at radius 3 is 2.06 bits per heavy atom. The topological polar surface area (TPSA) is 35.2 Å². The fraction of sp³-hybridized carbons (Fsp3) is 0.400. The van der Waals surface area contributed by atoms with Gasteiger partial charge in [-0.25, -0.2) is 0 Å². The first kappa shape index (κ1) is 14.6. The van der Waals surface area contributed by atoms with Crippen LogP contribution in [0.3, 0.4) is 0 Å². The number of benzene rings is 1. The molecular formula is C10H9F6NO. The summed E-state index contributed by atoms with van der Waals surface area (Å²) in [7, 11) is 0.974. The third-order valence-corrected chi connectivity index (χ3v) is 2.25. The number of hydrogen-bond acceptors (Lipinski definition) is 2. The zero-order valence-corrected chi connectivity index (χ0v) is 9.06. The second-order valence-corrected chi connectivity index (χ2v) is 3.47. The van der Waals surface area contributed by atoms with E-state index in [1.807, 2.05) is 0 Å². The number of halogens is 6. The van der Waals surface area contributed by atoms with Crippen molar-refractivity contribution in [1.82, 2.24) is 0 Å². The molecule has 0 fully saturated rings. The van der Waals surface area contributed by atoms with Crippen molar-refractivity contribution in [3.05, 3.63) is 29.3 Å². The maximum Gasteiger partial charge on any atom is 0.416 e. The number of alkyl halides is 6. The van der Waals surface area contributed by atoms with Crippen molar-refractivity contribution < 1.29 is 31.1 Å². The third kappa shape index (κ3) is 3.06. The van der Waals surface area contributed by atoms with E-state index in [9.17, 15) is 26.3 Å². The number of methoxy groups -OCH3 is 1. The summed E-state index contributed by atoms with van der Waals surface area (Å²) in [6.07, 6.45) is -9.42. The van der Waals surface area contributed by atoms with Crippen LogP contribution in [0.2, 0.25) is 0 Å². The van der Waals surface area contributed by atoms with Crippen LogP contribution in [-0.2, 0) is 6.18 Å². The van der Waals surface area contributed by atoms with E-state index in [0.29, 0.717) is 18.2 Å². The summed E-state index contributed by atoms with van der Waals surface area (Å²) in [5.74, 6) is -0.547. The lowest BCUT2D eigenvalue weighted by molar-refractivity contribution is -0.149. The van der Waals surface area contributed by atoms with Crippen molar-refractivity contribution in [3.63, 3.8) is 0 Å². The minimum atomic E-state index is -4.76. The molecule has 2 N–H and O–H groups in total. The molecule has 0 amide bonds. The zero-order valence-electron chi connectivity index (χ0n) is 9.06. The number of nitrogens with two attached hydrogens (primary N) is 1. The van der Waals surface area contributed by atoms with Crippen LogP contribution in [0.1, 0.15) is 17.2 Å². The molecule has 0 bridgehead atoms. The summed E-state index contributed by atoms with van der Waals surface area (Å²) in [5.41, 5.74) is 3.28. The average Bonchev–Trinajstić information content (AvgIpc) is 2.24. The predicted octanol–water partition coefficient (Wildman–Crippen LogP) is 3.28. The van der Waals surface area contributed by atoms with E-state index in [-0.39, 0.29) is 0 Å². The molecule has 0 aromatic heterocycles. The van der Waals surface area contributed by atoms with Gasteiger partial charge in [0.05, 0.1) is 12.7 Å². The third-order valence-electron chi connectivity index (χ3n) is 2.25. The van der Waals surface area contributed by atoms with Gasteiger partial charge in [-0.1, -0.05) is 6.07 Å². The molecule has 0 aliphatic heterocycles. The van der Waals surface area contributed by atoms with Gasteiger partial charge in [-0.3, -0.25) is 0 Å². The van der Waals surface area contributed by atoms with Crippen LogP contribution in [0, 0.1) is 0 Å². The molecule has 102 valence electrons. The molecule has 8 heteroatoms. The molecule has 0 heterocycles. The van der Waals surface area contributed by atoms with Crippen molar-refractivity contribution in [2.45, 2.75) is 18.4 Å². The SMILES string of the molecule is COc1cc(C(F)(F)F)ccc1[C@H](N)C(F)(F)F. The maximum absolute atomic E-state index is 12.4. The smallest absolute Gasteiger partial charge is 0.416 e. The first-order valence-electron chi connectivity index (χ1n) is 4.64. The number of hydrogen-bond donors (Lipinski definition) is 1. The summed E-state index contributed by atoms with van der Waals surface area (Å²) in [6, 6.07) is -0.709. The molecular weight excluding hydrogens is 264 g/mol. The molecule has 2 nitrogen and oxygen atoms in total. The van der Waals surface area contributed by atoms with Gasteiger partial charge in [0.1, 0.15) is 11.8 Å². The van der Waals surface area contributed by atoms with Gasteiger partial charge in [-0.2, -0.15) is 26.3 Å². The second kappa shape index (κ2) is 4.68. The Balaban J connectivity index is 3.24. The van der Waals surface area contributed by atoms with Crippen LogP contribution in [0.15, 0.2) is 18.2 Å². The van der Waals surface area contributed by atoms with Gasteiger partial charge in [0.15, 0.2) is 0 Å². The highest BCUT2D eigenvalue weighted by molar-refractivity contribution is 5.41. The van der Waals surface area contributed by atoms with Gasteiger partial charge in [-0.05, 0) is 12.1 Å². The Morgan fingerprint density at radius 2 is 1.67 bits per heavy atom. The number of rotatable bonds is 2. The van der Waals surface area contributed by atoms with Gasteiger partial charge in [0.2, 0.25) is 0 Å². The van der Waals surface area contributed by atoms with E-state index in [0.717, 1.165) is 7.11 Å². The van der Waals surface area contributed by atoms with E-state index in [1.165, 1.54) is 0 Å². The van der Waals surface area contributed by atoms with Gasteiger partial charge in [-0.15, -0.1) is 0 Å². The van der Waals surface area contributed by atoms with Crippen molar-refractivity contribution in [2.75, 3.05) is 7.11 Å². The zero-order chi connectivity index (χ0) is 14.1. The molecule has 18 heavy (non-hydrogen) atoms. The lowest BCUT2D eigenvalue weighted by atomic mass is 10.0. The Morgan fingerprint density at radius 1 is 1.11 bits per heavy atom. The normalized spacial score (nSPS) is 14.4. The Bertz CT molecular complexity index is 425. The summed E-state index contributed by atoms with van der Waals surface area (Å²) in [6.45, 7) is 0. The van der Waals surface area contributed by atoms with E-state index in [1.54, 1.807) is 0 Å².